The molecule has 0 heterocycles. The van der Waals surface area contributed by atoms with Gasteiger partial charge in [-0.3, -0.25) is 9.48 Å². The van der Waals surface area contributed by atoms with Crippen LogP contribution >= 0.6 is 9.48 Å². The zero-order valence-electron chi connectivity index (χ0n) is 13.6. The highest BCUT2D eigenvalue weighted by Crippen LogP contribution is 2.45. The van der Waals surface area contributed by atoms with E-state index in [9.17, 15) is 0 Å². The van der Waals surface area contributed by atoms with Crippen LogP contribution in [0.25, 0.3) is 0 Å². The maximum absolute atomic E-state index is 6.44. The molecule has 0 saturated carbocycles. The third-order valence-electron chi connectivity index (χ3n) is 3.68. The Labute approximate surface area is 120 Å². The second-order valence-electron chi connectivity index (χ2n) is 6.62. The van der Waals surface area contributed by atoms with Crippen molar-refractivity contribution in [3.8, 4) is 0 Å². The average molecular weight is 308 g/mol. The normalized spacial score (nSPS) is 21.2. The van der Waals surface area contributed by atoms with Crippen molar-refractivity contribution in [2.24, 2.45) is 5.41 Å². The summed E-state index contributed by atoms with van der Waals surface area (Å²) in [5.41, 5.74) is 0.149. The Morgan fingerprint density at radius 1 is 1.22 bits per heavy atom. The smallest absolute Gasteiger partial charge is 0.346 e. The van der Waals surface area contributed by atoms with Crippen molar-refractivity contribution in [2.45, 2.75) is 59.1 Å². The van der Waals surface area contributed by atoms with Gasteiger partial charge in [-0.25, -0.2) is 0 Å². The second-order valence-corrected chi connectivity index (χ2v) is 17.1. The fourth-order valence-electron chi connectivity index (χ4n) is 1.60. The zero-order chi connectivity index (χ0) is 14.8. The molecule has 0 aromatic heterocycles. The van der Waals surface area contributed by atoms with Crippen LogP contribution in [-0.4, -0.2) is 48.0 Å². The van der Waals surface area contributed by atoms with Gasteiger partial charge in [0.2, 0.25) is 0 Å². The van der Waals surface area contributed by atoms with E-state index in [1.807, 2.05) is 0 Å². The molecule has 0 saturated heterocycles. The molecule has 2 nitrogen and oxygen atoms in total. The van der Waals surface area contributed by atoms with Crippen LogP contribution in [0.2, 0.25) is 6.55 Å². The molecule has 3 radical (unpaired) electrons. The van der Waals surface area contributed by atoms with Crippen molar-refractivity contribution in [1.29, 1.82) is 0 Å². The lowest BCUT2D eigenvalue weighted by atomic mass is 9.91. The maximum atomic E-state index is 6.44. The maximum Gasteiger partial charge on any atom is 0.346 e. The van der Waals surface area contributed by atoms with Crippen LogP contribution in [0.3, 0.4) is 0 Å². The van der Waals surface area contributed by atoms with Crippen molar-refractivity contribution in [3.05, 3.63) is 0 Å². The molecular weight excluding hydrogens is 276 g/mol. The van der Waals surface area contributed by atoms with Crippen LogP contribution in [0, 0.1) is 5.41 Å². The molecule has 0 fully saturated rings. The third-order valence-corrected chi connectivity index (χ3v) is 13.4. The molecule has 18 heavy (non-hydrogen) atoms. The summed E-state index contributed by atoms with van der Waals surface area (Å²) in [5, 5.41) is 0. The minimum absolute atomic E-state index is 0.149. The summed E-state index contributed by atoms with van der Waals surface area (Å²) in [6, 6.07) is 0. The van der Waals surface area contributed by atoms with Crippen LogP contribution in [0.15, 0.2) is 0 Å². The number of hydrogen-bond acceptors (Lipinski definition) is 2. The van der Waals surface area contributed by atoms with Crippen LogP contribution in [0.4, 0.5) is 0 Å². The Kier molecular flexibility index (Phi) is 6.69. The summed E-state index contributed by atoms with van der Waals surface area (Å²) in [7, 11) is 0.874. The minimum Gasteiger partial charge on any atom is -0.394 e. The van der Waals surface area contributed by atoms with Crippen molar-refractivity contribution in [2.75, 3.05) is 19.1 Å². The van der Waals surface area contributed by atoms with Gasteiger partial charge in [0.1, 0.15) is 0 Å². The third kappa shape index (κ3) is 5.37. The van der Waals surface area contributed by atoms with E-state index in [-0.39, 0.29) is 11.5 Å². The predicted octanol–water partition coefficient (Wildman–Crippen LogP) is 3.62. The van der Waals surface area contributed by atoms with Gasteiger partial charge in [0.25, 0.3) is 0 Å². The van der Waals surface area contributed by atoms with Crippen molar-refractivity contribution < 1.29 is 8.85 Å². The molecular formula is C13H31O2SSi2. The van der Waals surface area contributed by atoms with Gasteiger partial charge in [0, 0.05) is 17.6 Å². The summed E-state index contributed by atoms with van der Waals surface area (Å²) in [5.74, 6) is 0. The van der Waals surface area contributed by atoms with Gasteiger partial charge in [-0.05, 0) is 38.3 Å². The van der Waals surface area contributed by atoms with E-state index in [0.717, 1.165) is 6.61 Å². The van der Waals surface area contributed by atoms with Gasteiger partial charge in [-0.2, -0.15) is 0 Å². The van der Waals surface area contributed by atoms with Crippen LogP contribution < -0.4 is 0 Å². The van der Waals surface area contributed by atoms with Gasteiger partial charge in [-0.1, -0.05) is 27.7 Å². The second kappa shape index (κ2) is 6.44. The molecule has 0 amide bonds. The van der Waals surface area contributed by atoms with E-state index in [4.69, 9.17) is 8.85 Å². The first-order valence-electron chi connectivity index (χ1n) is 6.63. The fourth-order valence-corrected chi connectivity index (χ4v) is 10.3. The van der Waals surface area contributed by atoms with Gasteiger partial charge in [-0.15, -0.1) is 0 Å². The molecule has 0 aliphatic carbocycles. The first kappa shape index (κ1) is 18.7. The molecule has 0 bridgehead atoms. The topological polar surface area (TPSA) is 18.5 Å². The molecule has 3 unspecified atom stereocenters. The minimum atomic E-state index is -2.17. The van der Waals surface area contributed by atoms with Crippen molar-refractivity contribution >= 4 is 27.4 Å². The lowest BCUT2D eigenvalue weighted by Gasteiger charge is -2.45. The highest BCUT2D eigenvalue weighted by molar-refractivity contribution is 8.50. The Morgan fingerprint density at radius 2 is 1.67 bits per heavy atom. The van der Waals surface area contributed by atoms with Crippen molar-refractivity contribution in [3.63, 3.8) is 0 Å². The highest BCUT2D eigenvalue weighted by Gasteiger charge is 2.45. The van der Waals surface area contributed by atoms with Gasteiger partial charge in [0.15, 0.2) is 0 Å². The van der Waals surface area contributed by atoms with E-state index in [1.54, 1.807) is 0 Å². The molecule has 0 aliphatic heterocycles. The zero-order valence-corrected chi connectivity index (χ0v) is 16.4. The van der Waals surface area contributed by atoms with E-state index in [2.05, 4.69) is 70.0 Å². The molecule has 0 rings (SSSR count). The SMILES string of the molecule is CCO[Si](C)(OC(C)C(C)(C)C)C(C)S(C)(C)[Si]. The van der Waals surface area contributed by atoms with E-state index < -0.39 is 18.0 Å². The van der Waals surface area contributed by atoms with Gasteiger partial charge >= 0.3 is 8.56 Å². The van der Waals surface area contributed by atoms with Gasteiger partial charge < -0.3 is 8.85 Å². The van der Waals surface area contributed by atoms with Crippen LogP contribution in [0.1, 0.15) is 41.5 Å². The first-order valence-corrected chi connectivity index (χ1v) is 12.8. The highest BCUT2D eigenvalue weighted by atomic mass is 32.4. The molecule has 0 aromatic carbocycles. The monoisotopic (exact) mass is 307 g/mol. The Hall–Kier alpha value is 0.704. The molecule has 0 spiro atoms. The van der Waals surface area contributed by atoms with Crippen LogP contribution in [0.5, 0.6) is 0 Å². The largest absolute Gasteiger partial charge is 0.394 e. The lowest BCUT2D eigenvalue weighted by molar-refractivity contribution is 0.0559. The van der Waals surface area contributed by atoms with Crippen LogP contribution in [-0.2, 0) is 8.85 Å². The van der Waals surface area contributed by atoms with E-state index in [1.165, 1.54) is 0 Å². The van der Waals surface area contributed by atoms with E-state index >= 15 is 0 Å². The van der Waals surface area contributed by atoms with Gasteiger partial charge in [0.05, 0.1) is 9.39 Å². The summed E-state index contributed by atoms with van der Waals surface area (Å²) < 4.78 is 12.5. The molecule has 109 valence electrons. The number of hydrogen-bond donors (Lipinski definition) is 0. The molecule has 3 atom stereocenters. The molecule has 0 N–H and O–H groups in total. The Balaban J connectivity index is 5.05. The summed E-state index contributed by atoms with van der Waals surface area (Å²) in [4.78, 5) is 0.450. The summed E-state index contributed by atoms with van der Waals surface area (Å²) in [6.07, 6.45) is 4.74. The first-order chi connectivity index (χ1) is 7.84. The number of rotatable bonds is 6. The quantitative estimate of drug-likeness (QED) is 0.698. The standard InChI is InChI=1S/C13H31O2SSi2/c1-10-14-18(9,12(3)16(7,8)17)15-11(2)13(4,5)6/h11-12H,10H2,1-9H3. The Morgan fingerprint density at radius 3 is 1.94 bits per heavy atom. The van der Waals surface area contributed by atoms with E-state index in [0.29, 0.717) is 4.87 Å². The summed E-state index contributed by atoms with van der Waals surface area (Å²) in [6.45, 7) is 16.1. The summed E-state index contributed by atoms with van der Waals surface area (Å²) >= 11 is 0. The van der Waals surface area contributed by atoms with Crippen molar-refractivity contribution in [1.82, 2.24) is 0 Å². The molecule has 0 aliphatic rings. The fraction of sp³-hybridized carbons (Fsp3) is 1.00. The molecule has 0 aromatic rings. The molecule has 5 heteroatoms. The lowest BCUT2D eigenvalue weighted by Crippen LogP contribution is -2.54. The average Bonchev–Trinajstić information content (AvgIpc) is 2.13. The predicted molar refractivity (Wildman–Crippen MR) is 87.9 cm³/mol. The Bertz CT molecular complexity index is 261.